The van der Waals surface area contributed by atoms with Crippen LogP contribution in [-0.2, 0) is 6.42 Å². The van der Waals surface area contributed by atoms with E-state index in [9.17, 15) is 8.78 Å². The van der Waals surface area contributed by atoms with Crippen molar-refractivity contribution in [2.24, 2.45) is 0 Å². The third-order valence-electron chi connectivity index (χ3n) is 2.55. The summed E-state index contributed by atoms with van der Waals surface area (Å²) in [5.74, 6) is -0.378. The molecule has 0 spiro atoms. The Morgan fingerprint density at radius 2 is 2.17 bits per heavy atom. The van der Waals surface area contributed by atoms with Gasteiger partial charge in [0.05, 0.1) is 6.04 Å². The van der Waals surface area contributed by atoms with Crippen LogP contribution in [0.5, 0.6) is 0 Å². The van der Waals surface area contributed by atoms with Gasteiger partial charge in [-0.2, -0.15) is 4.37 Å². The van der Waals surface area contributed by atoms with Gasteiger partial charge in [0.1, 0.15) is 17.5 Å². The molecule has 2 aromatic rings. The van der Waals surface area contributed by atoms with Crippen LogP contribution in [0.3, 0.4) is 0 Å². The van der Waals surface area contributed by atoms with E-state index in [1.165, 1.54) is 23.7 Å². The number of hydrogen-bond acceptors (Lipinski definition) is 4. The van der Waals surface area contributed by atoms with Gasteiger partial charge >= 0.3 is 0 Å². The Kier molecular flexibility index (Phi) is 3.86. The molecule has 0 bridgehead atoms. The third kappa shape index (κ3) is 2.81. The summed E-state index contributed by atoms with van der Waals surface area (Å²) in [6.07, 6.45) is 0.761. The van der Waals surface area contributed by atoms with Gasteiger partial charge in [0.15, 0.2) is 0 Å². The first-order valence-electron chi connectivity index (χ1n) is 5.64. The second-order valence-corrected chi connectivity index (χ2v) is 4.65. The molecule has 0 amide bonds. The maximum absolute atomic E-state index is 13.6. The molecule has 96 valence electrons. The fraction of sp³-hybridized carbons (Fsp3) is 0.333. The summed E-state index contributed by atoms with van der Waals surface area (Å²) in [7, 11) is 0. The van der Waals surface area contributed by atoms with Crippen molar-refractivity contribution in [2.75, 3.05) is 5.32 Å². The zero-order valence-corrected chi connectivity index (χ0v) is 10.9. The van der Waals surface area contributed by atoms with Crippen LogP contribution in [0.2, 0.25) is 0 Å². The van der Waals surface area contributed by atoms with Gasteiger partial charge < -0.3 is 5.32 Å². The largest absolute Gasteiger partial charge is 0.354 e. The number of benzene rings is 1. The molecule has 0 aliphatic rings. The summed E-state index contributed by atoms with van der Waals surface area (Å²) in [5.41, 5.74) is 0.407. The predicted octanol–water partition coefficient (Wildman–Crippen LogP) is 3.55. The number of nitrogens with zero attached hydrogens (tertiary/aromatic N) is 2. The molecule has 0 saturated heterocycles. The predicted molar refractivity (Wildman–Crippen MR) is 67.7 cm³/mol. The van der Waals surface area contributed by atoms with Gasteiger partial charge in [-0.3, -0.25) is 0 Å². The van der Waals surface area contributed by atoms with Gasteiger partial charge in [-0.1, -0.05) is 13.0 Å². The standard InChI is InChI=1S/C12H13F2N3S/c1-3-11-16-12(18-17-11)15-7(2)9-5-4-8(13)6-10(9)14/h4-7H,3H2,1-2H3,(H,15,16,17). The first kappa shape index (κ1) is 12.9. The topological polar surface area (TPSA) is 37.8 Å². The van der Waals surface area contributed by atoms with Crippen LogP contribution in [0.15, 0.2) is 18.2 Å². The van der Waals surface area contributed by atoms with E-state index in [-0.39, 0.29) is 6.04 Å². The van der Waals surface area contributed by atoms with Crippen LogP contribution in [0.1, 0.15) is 31.3 Å². The summed E-state index contributed by atoms with van der Waals surface area (Å²) in [6, 6.07) is 3.27. The van der Waals surface area contributed by atoms with E-state index in [1.54, 1.807) is 6.92 Å². The molecule has 0 radical (unpaired) electrons. The number of anilines is 1. The second kappa shape index (κ2) is 5.39. The second-order valence-electron chi connectivity index (χ2n) is 3.90. The number of rotatable bonds is 4. The number of hydrogen-bond donors (Lipinski definition) is 1. The zero-order valence-electron chi connectivity index (χ0n) is 10.1. The summed E-state index contributed by atoms with van der Waals surface area (Å²) >= 11 is 1.24. The van der Waals surface area contributed by atoms with Crippen LogP contribution in [-0.4, -0.2) is 9.36 Å². The molecule has 1 aromatic heterocycles. The van der Waals surface area contributed by atoms with Gasteiger partial charge in [0.25, 0.3) is 0 Å². The van der Waals surface area contributed by atoms with Gasteiger partial charge in [0.2, 0.25) is 5.13 Å². The Hall–Kier alpha value is -1.56. The quantitative estimate of drug-likeness (QED) is 0.922. The van der Waals surface area contributed by atoms with Crippen molar-refractivity contribution in [3.63, 3.8) is 0 Å². The average Bonchev–Trinajstić information content (AvgIpc) is 2.76. The van der Waals surface area contributed by atoms with E-state index in [2.05, 4.69) is 14.7 Å². The Morgan fingerprint density at radius 3 is 2.78 bits per heavy atom. The van der Waals surface area contributed by atoms with E-state index in [0.29, 0.717) is 10.7 Å². The molecule has 0 saturated carbocycles. The van der Waals surface area contributed by atoms with E-state index in [1.807, 2.05) is 6.92 Å². The van der Waals surface area contributed by atoms with Crippen molar-refractivity contribution in [1.29, 1.82) is 0 Å². The molecule has 3 nitrogen and oxygen atoms in total. The maximum Gasteiger partial charge on any atom is 0.203 e. The minimum Gasteiger partial charge on any atom is -0.354 e. The normalized spacial score (nSPS) is 12.4. The number of aromatic nitrogens is 2. The summed E-state index contributed by atoms with van der Waals surface area (Å²) in [5, 5.41) is 3.70. The van der Waals surface area contributed by atoms with Crippen LogP contribution >= 0.6 is 11.5 Å². The van der Waals surface area contributed by atoms with Crippen molar-refractivity contribution >= 4 is 16.7 Å². The number of nitrogens with one attached hydrogen (secondary N) is 1. The Bertz CT molecular complexity index is 542. The average molecular weight is 269 g/mol. The highest BCUT2D eigenvalue weighted by molar-refractivity contribution is 7.09. The molecule has 6 heteroatoms. The number of aryl methyl sites for hydroxylation is 1. The summed E-state index contributed by atoms with van der Waals surface area (Å²) < 4.78 is 30.5. The van der Waals surface area contributed by atoms with Gasteiger partial charge in [-0.25, -0.2) is 13.8 Å². The Labute approximate surface area is 108 Å². The van der Waals surface area contributed by atoms with Gasteiger partial charge in [-0.05, 0) is 13.0 Å². The first-order valence-corrected chi connectivity index (χ1v) is 6.41. The summed E-state index contributed by atoms with van der Waals surface area (Å²) in [4.78, 5) is 4.24. The Morgan fingerprint density at radius 1 is 1.39 bits per heavy atom. The maximum atomic E-state index is 13.6. The van der Waals surface area contributed by atoms with E-state index < -0.39 is 11.6 Å². The SMILES string of the molecule is CCc1nsc(NC(C)c2ccc(F)cc2F)n1. The molecule has 1 heterocycles. The van der Waals surface area contributed by atoms with Crippen LogP contribution in [0.25, 0.3) is 0 Å². The van der Waals surface area contributed by atoms with E-state index >= 15 is 0 Å². The zero-order chi connectivity index (χ0) is 13.1. The van der Waals surface area contributed by atoms with Crippen molar-refractivity contribution in [2.45, 2.75) is 26.3 Å². The highest BCUT2D eigenvalue weighted by atomic mass is 32.1. The first-order chi connectivity index (χ1) is 8.60. The molecular weight excluding hydrogens is 256 g/mol. The molecular formula is C12H13F2N3S. The smallest absolute Gasteiger partial charge is 0.203 e. The molecule has 18 heavy (non-hydrogen) atoms. The fourth-order valence-corrected chi connectivity index (χ4v) is 2.31. The monoisotopic (exact) mass is 269 g/mol. The van der Waals surface area contributed by atoms with Crippen LogP contribution in [0.4, 0.5) is 13.9 Å². The molecule has 1 atom stereocenters. The Balaban J connectivity index is 2.13. The van der Waals surface area contributed by atoms with E-state index in [4.69, 9.17) is 0 Å². The lowest BCUT2D eigenvalue weighted by Crippen LogP contribution is -2.08. The molecule has 1 N–H and O–H groups in total. The molecule has 0 aliphatic carbocycles. The van der Waals surface area contributed by atoms with Crippen molar-refractivity contribution in [3.8, 4) is 0 Å². The molecule has 2 rings (SSSR count). The molecule has 1 aromatic carbocycles. The van der Waals surface area contributed by atoms with Gasteiger partial charge in [0, 0.05) is 29.6 Å². The molecule has 0 fully saturated rings. The third-order valence-corrected chi connectivity index (χ3v) is 3.24. The molecule has 0 aliphatic heterocycles. The minimum absolute atomic E-state index is 0.289. The van der Waals surface area contributed by atoms with Crippen LogP contribution in [0, 0.1) is 11.6 Å². The lowest BCUT2D eigenvalue weighted by Gasteiger charge is -2.13. The minimum atomic E-state index is -0.576. The van der Waals surface area contributed by atoms with Crippen molar-refractivity contribution < 1.29 is 8.78 Å². The van der Waals surface area contributed by atoms with Crippen molar-refractivity contribution in [3.05, 3.63) is 41.2 Å². The van der Waals surface area contributed by atoms with Crippen LogP contribution < -0.4 is 5.32 Å². The van der Waals surface area contributed by atoms with Gasteiger partial charge in [-0.15, -0.1) is 0 Å². The molecule has 1 unspecified atom stereocenters. The fourth-order valence-electron chi connectivity index (χ4n) is 1.57. The lowest BCUT2D eigenvalue weighted by atomic mass is 10.1. The highest BCUT2D eigenvalue weighted by Crippen LogP contribution is 2.23. The summed E-state index contributed by atoms with van der Waals surface area (Å²) in [6.45, 7) is 3.76. The lowest BCUT2D eigenvalue weighted by molar-refractivity contribution is 0.566. The number of halogens is 2. The van der Waals surface area contributed by atoms with Crippen molar-refractivity contribution in [1.82, 2.24) is 9.36 Å². The van der Waals surface area contributed by atoms with E-state index in [0.717, 1.165) is 18.3 Å². The highest BCUT2D eigenvalue weighted by Gasteiger charge is 2.13.